The van der Waals surface area contributed by atoms with Crippen LogP contribution in [0.4, 0.5) is 24.7 Å². The van der Waals surface area contributed by atoms with Crippen LogP contribution in [0.3, 0.4) is 0 Å². The van der Waals surface area contributed by atoms with Crippen LogP contribution in [0.1, 0.15) is 52.5 Å². The van der Waals surface area contributed by atoms with Gasteiger partial charge in [-0.15, -0.1) is 0 Å². The third-order valence-electron chi connectivity index (χ3n) is 12.7. The van der Waals surface area contributed by atoms with E-state index in [9.17, 15) is 32.7 Å². The first-order chi connectivity index (χ1) is 30.7. The average Bonchev–Trinajstić information content (AvgIpc) is 3.93. The number of nitrogens with one attached hydrogen (secondary N) is 1. The van der Waals surface area contributed by atoms with Crippen molar-refractivity contribution < 1.29 is 51.3 Å². The second-order valence-corrected chi connectivity index (χ2v) is 16.8. The van der Waals surface area contributed by atoms with Gasteiger partial charge >= 0.3 is 6.18 Å². The average molecular weight is 914 g/mol. The topological polar surface area (TPSA) is 152 Å². The van der Waals surface area contributed by atoms with E-state index in [2.05, 4.69) is 10.4 Å². The number of nitrogens with zero attached hydrogens (tertiary/aromatic N) is 3. The number of hydrazine groups is 1. The number of aliphatic hydroxyl groups excluding tert-OH is 1. The minimum absolute atomic E-state index is 0.0824. The molecule has 3 fully saturated rings. The summed E-state index contributed by atoms with van der Waals surface area (Å²) in [7, 11) is 3.14. The lowest BCUT2D eigenvalue weighted by atomic mass is 9.50. The van der Waals surface area contributed by atoms with E-state index in [1.807, 2.05) is 24.3 Å². The number of aromatic nitrogens is 1. The van der Waals surface area contributed by atoms with Crippen LogP contribution in [0.5, 0.6) is 11.5 Å². The number of furan rings is 1. The molecule has 9 rings (SSSR count). The van der Waals surface area contributed by atoms with E-state index in [0.29, 0.717) is 50.6 Å². The summed E-state index contributed by atoms with van der Waals surface area (Å²) in [5.74, 6) is -6.01. The molecular weight excluding hydrogens is 876 g/mol. The molecule has 0 spiro atoms. The highest BCUT2D eigenvalue weighted by molar-refractivity contribution is 6.33. The van der Waals surface area contributed by atoms with Gasteiger partial charge in [0.1, 0.15) is 35.0 Å². The minimum Gasteiger partial charge on any atom is -0.497 e. The molecule has 2 aliphatic heterocycles. The van der Waals surface area contributed by atoms with Gasteiger partial charge in [0, 0.05) is 16.8 Å². The molecule has 2 aliphatic carbocycles. The summed E-state index contributed by atoms with van der Waals surface area (Å²) in [4.78, 5) is 64.3. The third-order valence-corrected chi connectivity index (χ3v) is 13.3. The van der Waals surface area contributed by atoms with Gasteiger partial charge in [-0.05, 0) is 90.6 Å². The van der Waals surface area contributed by atoms with E-state index in [0.717, 1.165) is 11.1 Å². The van der Waals surface area contributed by atoms with Crippen LogP contribution in [0.25, 0.3) is 12.2 Å². The molecule has 6 atom stereocenters. The molecule has 0 bridgehead atoms. The van der Waals surface area contributed by atoms with E-state index in [-0.39, 0.29) is 30.2 Å². The minimum atomic E-state index is -4.77. The Labute approximate surface area is 373 Å². The Morgan fingerprint density at radius 2 is 1.66 bits per heavy atom. The number of rotatable bonds is 10. The lowest BCUT2D eigenvalue weighted by molar-refractivity contribution is -0.139. The van der Waals surface area contributed by atoms with Crippen LogP contribution in [0, 0.1) is 23.7 Å². The molecule has 6 unspecified atom stereocenters. The zero-order valence-corrected chi connectivity index (χ0v) is 35.4. The number of hydrogen-bond donors (Lipinski definition) is 2. The molecule has 3 aromatic carbocycles. The fraction of sp³-hybridized carbons (Fsp3) is 0.255. The molecule has 2 saturated heterocycles. The lowest BCUT2D eigenvalue weighted by Gasteiger charge is -2.49. The molecule has 2 N–H and O–H groups in total. The highest BCUT2D eigenvalue weighted by atomic mass is 35.5. The van der Waals surface area contributed by atoms with Gasteiger partial charge in [0.05, 0.1) is 54.2 Å². The zero-order chi connectivity index (χ0) is 45.2. The van der Waals surface area contributed by atoms with Crippen molar-refractivity contribution in [3.8, 4) is 11.5 Å². The van der Waals surface area contributed by atoms with Crippen LogP contribution < -0.4 is 19.8 Å². The standard InChI is InChI=1S/C47H37Cl2F3N4O8/c1-62-30-13-17-37(63-2)25(19-30)6-3-24-4-11-29(12-5-24)55-42(58)33-16-15-32-34(39(33)44(55)60)21-35-43(59)56(54-41-36(49)20-27(22-53-41)47(50,51)52)45(61)46(35,26-7-9-28(48)10-8-26)40(32)38-18-14-31(23-57)64-38/h3-15,17-20,22,33-35,39-40,57H,16,21,23H2,1-2H3,(H,53,54). The van der Waals surface area contributed by atoms with Crippen molar-refractivity contribution in [1.29, 1.82) is 0 Å². The van der Waals surface area contributed by atoms with Crippen molar-refractivity contribution in [3.63, 3.8) is 0 Å². The van der Waals surface area contributed by atoms with Crippen molar-refractivity contribution in [2.24, 2.45) is 23.7 Å². The second kappa shape index (κ2) is 16.3. The predicted molar refractivity (Wildman–Crippen MR) is 229 cm³/mol. The fourth-order valence-electron chi connectivity index (χ4n) is 9.87. The summed E-state index contributed by atoms with van der Waals surface area (Å²) in [6.07, 6.45) is 1.36. The quantitative estimate of drug-likeness (QED) is 0.0790. The number of allylic oxidation sites excluding steroid dienone is 2. The number of anilines is 2. The monoisotopic (exact) mass is 912 g/mol. The van der Waals surface area contributed by atoms with Crippen LogP contribution in [-0.2, 0) is 37.4 Å². The van der Waals surface area contributed by atoms with Crippen molar-refractivity contribution in [2.45, 2.75) is 37.0 Å². The summed E-state index contributed by atoms with van der Waals surface area (Å²) in [6.45, 7) is -0.484. The van der Waals surface area contributed by atoms with E-state index in [1.165, 1.54) is 11.0 Å². The Kier molecular flexibility index (Phi) is 10.9. The number of fused-ring (bicyclic) bond motifs is 4. The number of aliphatic hydroxyl groups is 1. The molecule has 2 aromatic heterocycles. The Hall–Kier alpha value is -6.42. The summed E-state index contributed by atoms with van der Waals surface area (Å²) in [5.41, 5.74) is 2.52. The lowest BCUT2D eigenvalue weighted by Crippen LogP contribution is -2.53. The summed E-state index contributed by atoms with van der Waals surface area (Å²) in [5, 5.41) is 10.6. The molecule has 5 aromatic rings. The number of alkyl halides is 3. The molecule has 0 radical (unpaired) electrons. The Morgan fingerprint density at radius 3 is 2.31 bits per heavy atom. The SMILES string of the molecule is COc1ccc(OC)c(C=Cc2ccc(N3C(=O)C4CC=C5C(CC6C(=O)N(Nc7ncc(C(F)(F)F)cc7Cl)C(=O)C6(c6ccc(Cl)cc6)C5c5ccc(CO)o5)C4C3=O)cc2)c1. The number of carbonyl (C=O) groups excluding carboxylic acids is 4. The molecule has 17 heteroatoms. The van der Waals surface area contributed by atoms with Gasteiger partial charge in [-0.2, -0.15) is 18.2 Å². The fourth-order valence-corrected chi connectivity index (χ4v) is 10.2. The number of amides is 4. The number of pyridine rings is 1. The van der Waals surface area contributed by atoms with E-state index in [4.69, 9.17) is 37.1 Å². The van der Waals surface area contributed by atoms with Gasteiger partial charge in [-0.3, -0.25) is 29.5 Å². The van der Waals surface area contributed by atoms with Gasteiger partial charge in [0.25, 0.3) is 11.8 Å². The first-order valence-electron chi connectivity index (χ1n) is 20.1. The second-order valence-electron chi connectivity index (χ2n) is 15.9. The molecule has 1 saturated carbocycles. The molecule has 328 valence electrons. The maximum Gasteiger partial charge on any atom is 0.417 e. The number of halogens is 5. The number of carbonyl (C=O) groups is 4. The Balaban J connectivity index is 1.10. The Morgan fingerprint density at radius 1 is 0.906 bits per heavy atom. The number of benzene rings is 3. The number of methoxy groups -OCH3 is 2. The number of imide groups is 2. The van der Waals surface area contributed by atoms with Gasteiger partial charge < -0.3 is 19.0 Å². The number of ether oxygens (including phenoxy) is 2. The largest absolute Gasteiger partial charge is 0.497 e. The van der Waals surface area contributed by atoms with Crippen molar-refractivity contribution in [1.82, 2.24) is 9.99 Å². The Bertz CT molecular complexity index is 2770. The first kappa shape index (κ1) is 42.9. The summed E-state index contributed by atoms with van der Waals surface area (Å²) in [6, 6.07) is 22.4. The van der Waals surface area contributed by atoms with Crippen molar-refractivity contribution in [2.75, 3.05) is 24.5 Å². The van der Waals surface area contributed by atoms with Crippen molar-refractivity contribution >= 4 is 70.5 Å². The van der Waals surface area contributed by atoms with Gasteiger partial charge in [0.2, 0.25) is 11.8 Å². The molecule has 4 aliphatic rings. The number of hydrogen-bond acceptors (Lipinski definition) is 10. The molecule has 12 nitrogen and oxygen atoms in total. The van der Waals surface area contributed by atoms with Gasteiger partial charge in [-0.1, -0.05) is 71.3 Å². The van der Waals surface area contributed by atoms with Crippen LogP contribution in [0.15, 0.2) is 107 Å². The van der Waals surface area contributed by atoms with Crippen LogP contribution in [0.2, 0.25) is 10.0 Å². The normalized spacial score (nSPS) is 24.2. The smallest absolute Gasteiger partial charge is 0.417 e. The van der Waals surface area contributed by atoms with E-state index in [1.54, 1.807) is 80.9 Å². The van der Waals surface area contributed by atoms with Crippen LogP contribution in [-0.4, -0.2) is 52.9 Å². The summed E-state index contributed by atoms with van der Waals surface area (Å²) < 4.78 is 57.7. The highest BCUT2D eigenvalue weighted by Crippen LogP contribution is 2.64. The molecule has 4 amide bonds. The predicted octanol–water partition coefficient (Wildman–Crippen LogP) is 8.87. The van der Waals surface area contributed by atoms with Crippen molar-refractivity contribution in [3.05, 3.63) is 147 Å². The van der Waals surface area contributed by atoms with Gasteiger partial charge in [0.15, 0.2) is 5.82 Å². The molecule has 64 heavy (non-hydrogen) atoms. The zero-order valence-electron chi connectivity index (χ0n) is 33.9. The highest BCUT2D eigenvalue weighted by Gasteiger charge is 2.71. The van der Waals surface area contributed by atoms with E-state index >= 15 is 4.79 Å². The first-order valence-corrected chi connectivity index (χ1v) is 20.9. The molecular formula is C47H37Cl2F3N4O8. The third kappa shape index (κ3) is 6.93. The van der Waals surface area contributed by atoms with Crippen LogP contribution >= 0.6 is 23.2 Å². The van der Waals surface area contributed by atoms with Gasteiger partial charge in [-0.25, -0.2) is 4.98 Å². The molecule has 4 heterocycles. The maximum atomic E-state index is 15.3. The maximum absolute atomic E-state index is 15.3. The van der Waals surface area contributed by atoms with E-state index < -0.39 is 82.0 Å². The summed E-state index contributed by atoms with van der Waals surface area (Å²) >= 11 is 12.6.